The Morgan fingerprint density at radius 3 is 2.58 bits per heavy atom. The van der Waals surface area contributed by atoms with Crippen molar-refractivity contribution in [2.24, 2.45) is 0 Å². The van der Waals surface area contributed by atoms with Gasteiger partial charge in [0, 0.05) is 12.4 Å². The fourth-order valence-corrected chi connectivity index (χ4v) is 1.20. The number of carbonyl (C=O) groups is 1. The van der Waals surface area contributed by atoms with Crippen molar-refractivity contribution in [1.82, 2.24) is 0 Å². The second-order valence-corrected chi connectivity index (χ2v) is 2.98. The molecule has 0 aromatic heterocycles. The first-order chi connectivity index (χ1) is 5.59. The van der Waals surface area contributed by atoms with Crippen LogP contribution in [0.4, 0.5) is 0 Å². The van der Waals surface area contributed by atoms with Crippen LogP contribution in [-0.4, -0.2) is 5.97 Å². The summed E-state index contributed by atoms with van der Waals surface area (Å²) in [5.74, 6) is -1.03. The maximum Gasteiger partial charge on any atom is 0.0458 e. The minimum atomic E-state index is -1.03. The van der Waals surface area contributed by atoms with Crippen LogP contribution in [0.25, 0.3) is 0 Å². The van der Waals surface area contributed by atoms with Crippen molar-refractivity contribution in [2.45, 2.75) is 20.3 Å². The van der Waals surface area contributed by atoms with Gasteiger partial charge in [-0.25, -0.2) is 0 Å². The van der Waals surface area contributed by atoms with Crippen LogP contribution in [0.1, 0.15) is 16.7 Å². The van der Waals surface area contributed by atoms with E-state index in [2.05, 4.69) is 0 Å². The summed E-state index contributed by atoms with van der Waals surface area (Å²) in [6.45, 7) is 3.89. The zero-order chi connectivity index (χ0) is 9.14. The predicted molar refractivity (Wildman–Crippen MR) is 44.6 cm³/mol. The molecule has 2 heteroatoms. The van der Waals surface area contributed by atoms with E-state index in [0.29, 0.717) is 0 Å². The molecule has 0 aliphatic carbocycles. The van der Waals surface area contributed by atoms with Crippen LogP contribution in [0.2, 0.25) is 0 Å². The highest BCUT2D eigenvalue weighted by atomic mass is 16.4. The van der Waals surface area contributed by atoms with Gasteiger partial charge in [-0.2, -0.15) is 0 Å². The maximum atomic E-state index is 10.3. The number of hydrogen-bond acceptors (Lipinski definition) is 2. The van der Waals surface area contributed by atoms with E-state index < -0.39 is 5.97 Å². The number of aryl methyl sites for hydroxylation is 2. The van der Waals surface area contributed by atoms with Crippen molar-refractivity contribution in [3.63, 3.8) is 0 Å². The Morgan fingerprint density at radius 2 is 2.08 bits per heavy atom. The van der Waals surface area contributed by atoms with Crippen molar-refractivity contribution in [1.29, 1.82) is 0 Å². The lowest BCUT2D eigenvalue weighted by Crippen LogP contribution is -2.24. The smallest absolute Gasteiger partial charge is 0.0458 e. The van der Waals surface area contributed by atoms with Gasteiger partial charge in [0.15, 0.2) is 0 Å². The highest BCUT2D eigenvalue weighted by molar-refractivity contribution is 5.68. The highest BCUT2D eigenvalue weighted by Gasteiger charge is 1.97. The molecule has 64 valence electrons. The molecule has 0 spiro atoms. The summed E-state index contributed by atoms with van der Waals surface area (Å²) in [6.07, 6.45) is 0.00606. The van der Waals surface area contributed by atoms with Crippen molar-refractivity contribution in [3.8, 4) is 0 Å². The molecule has 0 aliphatic heterocycles. The van der Waals surface area contributed by atoms with Crippen molar-refractivity contribution >= 4 is 5.97 Å². The number of carbonyl (C=O) groups excluding carboxylic acids is 1. The molecule has 0 saturated heterocycles. The van der Waals surface area contributed by atoms with Crippen LogP contribution in [-0.2, 0) is 11.2 Å². The van der Waals surface area contributed by atoms with Gasteiger partial charge in [0.25, 0.3) is 0 Å². The monoisotopic (exact) mass is 163 g/mol. The molecular weight excluding hydrogens is 152 g/mol. The van der Waals surface area contributed by atoms with Gasteiger partial charge in [-0.3, -0.25) is 0 Å². The number of hydrogen-bond donors (Lipinski definition) is 0. The Labute approximate surface area is 71.8 Å². The van der Waals surface area contributed by atoms with Crippen molar-refractivity contribution in [3.05, 3.63) is 34.9 Å². The van der Waals surface area contributed by atoms with Crippen LogP contribution < -0.4 is 5.11 Å². The molecule has 0 amide bonds. The van der Waals surface area contributed by atoms with Crippen LogP contribution in [0.5, 0.6) is 0 Å². The maximum absolute atomic E-state index is 10.3. The third-order valence-electron chi connectivity index (χ3n) is 1.83. The van der Waals surface area contributed by atoms with E-state index in [0.717, 1.165) is 16.7 Å². The molecule has 0 unspecified atom stereocenters. The lowest BCUT2D eigenvalue weighted by molar-refractivity contribution is -0.304. The fraction of sp³-hybridized carbons (Fsp3) is 0.300. The lowest BCUT2D eigenvalue weighted by atomic mass is 10.0. The third kappa shape index (κ3) is 2.09. The van der Waals surface area contributed by atoms with E-state index in [1.807, 2.05) is 32.0 Å². The minimum Gasteiger partial charge on any atom is -0.550 e. The fourth-order valence-electron chi connectivity index (χ4n) is 1.20. The molecule has 0 radical (unpaired) electrons. The summed E-state index contributed by atoms with van der Waals surface area (Å²) in [5.41, 5.74) is 2.99. The zero-order valence-corrected chi connectivity index (χ0v) is 7.26. The Bertz CT molecular complexity index is 303. The Hall–Kier alpha value is -1.31. The first kappa shape index (κ1) is 8.78. The molecule has 2 nitrogen and oxygen atoms in total. The molecule has 0 aliphatic rings. The highest BCUT2D eigenvalue weighted by Crippen LogP contribution is 2.10. The molecule has 0 heterocycles. The average molecular weight is 163 g/mol. The number of aliphatic carboxylic acids is 1. The Kier molecular flexibility index (Phi) is 2.48. The van der Waals surface area contributed by atoms with Gasteiger partial charge < -0.3 is 9.90 Å². The number of benzene rings is 1. The average Bonchev–Trinajstić information content (AvgIpc) is 1.94. The summed E-state index contributed by atoms with van der Waals surface area (Å²) in [7, 11) is 0. The zero-order valence-electron chi connectivity index (χ0n) is 7.26. The van der Waals surface area contributed by atoms with Crippen LogP contribution in [0, 0.1) is 13.8 Å². The van der Waals surface area contributed by atoms with Crippen molar-refractivity contribution in [2.75, 3.05) is 0 Å². The second-order valence-electron chi connectivity index (χ2n) is 2.98. The lowest BCUT2D eigenvalue weighted by Gasteiger charge is -2.06. The third-order valence-corrected chi connectivity index (χ3v) is 1.83. The quantitative estimate of drug-likeness (QED) is 0.640. The largest absolute Gasteiger partial charge is 0.550 e. The van der Waals surface area contributed by atoms with Crippen molar-refractivity contribution < 1.29 is 9.90 Å². The summed E-state index contributed by atoms with van der Waals surface area (Å²) in [5, 5.41) is 10.3. The van der Waals surface area contributed by atoms with Crippen LogP contribution in [0.15, 0.2) is 18.2 Å². The topological polar surface area (TPSA) is 40.1 Å². The Morgan fingerprint density at radius 1 is 1.42 bits per heavy atom. The SMILES string of the molecule is Cc1ccc(CC(=O)[O-])c(C)c1. The summed E-state index contributed by atoms with van der Waals surface area (Å²) in [6, 6.07) is 5.71. The second kappa shape index (κ2) is 3.39. The van der Waals surface area contributed by atoms with Gasteiger partial charge in [-0.15, -0.1) is 0 Å². The summed E-state index contributed by atoms with van der Waals surface area (Å²) < 4.78 is 0. The number of carboxylic acids is 1. The van der Waals surface area contributed by atoms with E-state index in [1.165, 1.54) is 0 Å². The first-order valence-electron chi connectivity index (χ1n) is 3.85. The summed E-state index contributed by atoms with van der Waals surface area (Å²) in [4.78, 5) is 10.3. The molecular formula is C10H11O2-. The summed E-state index contributed by atoms with van der Waals surface area (Å²) >= 11 is 0. The van der Waals surface area contributed by atoms with E-state index in [9.17, 15) is 9.90 Å². The predicted octanol–water partition coefficient (Wildman–Crippen LogP) is 0.596. The molecule has 1 rings (SSSR count). The molecule has 0 bridgehead atoms. The normalized spacial score (nSPS) is 9.83. The van der Waals surface area contributed by atoms with E-state index >= 15 is 0 Å². The molecule has 0 fully saturated rings. The van der Waals surface area contributed by atoms with Gasteiger partial charge in [0.05, 0.1) is 0 Å². The van der Waals surface area contributed by atoms with Gasteiger partial charge in [-0.1, -0.05) is 23.8 Å². The van der Waals surface area contributed by atoms with Gasteiger partial charge >= 0.3 is 0 Å². The van der Waals surface area contributed by atoms with Gasteiger partial charge in [0.1, 0.15) is 0 Å². The molecule has 0 saturated carbocycles. The van der Waals surface area contributed by atoms with E-state index in [1.54, 1.807) is 0 Å². The van der Waals surface area contributed by atoms with Crippen LogP contribution in [0.3, 0.4) is 0 Å². The van der Waals surface area contributed by atoms with E-state index in [-0.39, 0.29) is 6.42 Å². The molecule has 0 N–H and O–H groups in total. The standard InChI is InChI=1S/C10H12O2/c1-7-3-4-9(6-10(11)12)8(2)5-7/h3-5H,6H2,1-2H3,(H,11,12)/p-1. The molecule has 12 heavy (non-hydrogen) atoms. The molecule has 0 atom stereocenters. The minimum absolute atomic E-state index is 0.00606. The van der Waals surface area contributed by atoms with E-state index in [4.69, 9.17) is 0 Å². The van der Waals surface area contributed by atoms with Crippen LogP contribution >= 0.6 is 0 Å². The molecule has 1 aromatic carbocycles. The Balaban J connectivity index is 2.93. The molecule has 1 aromatic rings. The number of rotatable bonds is 2. The number of carboxylic acid groups (broad SMARTS) is 1. The first-order valence-corrected chi connectivity index (χ1v) is 3.85. The van der Waals surface area contributed by atoms with Gasteiger partial charge in [-0.05, 0) is 25.0 Å². The van der Waals surface area contributed by atoms with Gasteiger partial charge in [0.2, 0.25) is 0 Å².